The van der Waals surface area contributed by atoms with Gasteiger partial charge in [0.25, 0.3) is 0 Å². The van der Waals surface area contributed by atoms with E-state index in [-0.39, 0.29) is 25.2 Å². The van der Waals surface area contributed by atoms with Gasteiger partial charge in [-0.3, -0.25) is 9.59 Å². The van der Waals surface area contributed by atoms with Gasteiger partial charge in [-0.05, 0) is 89.9 Å². The Hall–Kier alpha value is -2.92. The van der Waals surface area contributed by atoms with Crippen molar-refractivity contribution in [1.29, 1.82) is 0 Å². The van der Waals surface area contributed by atoms with Crippen molar-refractivity contribution in [1.82, 2.24) is 0 Å². The Kier molecular flexibility index (Phi) is 48.0. The first kappa shape index (κ1) is 57.1. The zero-order valence-corrected chi connectivity index (χ0v) is 39.5. The average molecular weight is 835 g/mol. The van der Waals surface area contributed by atoms with Gasteiger partial charge in [0.2, 0.25) is 0 Å². The summed E-state index contributed by atoms with van der Waals surface area (Å²) in [5.41, 5.74) is 0. The van der Waals surface area contributed by atoms with Crippen molar-refractivity contribution < 1.29 is 23.8 Å². The van der Waals surface area contributed by atoms with Crippen molar-refractivity contribution in [2.24, 2.45) is 0 Å². The molecule has 0 aliphatic carbocycles. The lowest BCUT2D eigenvalue weighted by molar-refractivity contribution is -0.163. The minimum Gasteiger partial charge on any atom is -0.462 e. The van der Waals surface area contributed by atoms with Gasteiger partial charge in [0.15, 0.2) is 6.10 Å². The highest BCUT2D eigenvalue weighted by Crippen LogP contribution is 2.14. The normalized spacial score (nSPS) is 12.9. The monoisotopic (exact) mass is 835 g/mol. The summed E-state index contributed by atoms with van der Waals surface area (Å²) in [6, 6.07) is 0. The Morgan fingerprint density at radius 1 is 0.383 bits per heavy atom. The molecule has 0 amide bonds. The fourth-order valence-corrected chi connectivity index (χ4v) is 6.75. The topological polar surface area (TPSA) is 61.8 Å². The molecule has 0 aliphatic rings. The summed E-state index contributed by atoms with van der Waals surface area (Å²) in [6.45, 7) is 7.54. The molecule has 1 atom stereocenters. The van der Waals surface area contributed by atoms with Gasteiger partial charge in [-0.2, -0.15) is 0 Å². The van der Waals surface area contributed by atoms with E-state index < -0.39 is 6.10 Å². The van der Waals surface area contributed by atoms with Gasteiger partial charge in [0.05, 0.1) is 6.61 Å². The van der Waals surface area contributed by atoms with Crippen molar-refractivity contribution in [2.75, 3.05) is 19.8 Å². The SMILES string of the molecule is CC/C=C\C/C=C\C/C=C\C/C=C\CCCCCCCOCC(COC(=O)CCCCCCCCC/C=C\C/C=C\C/C=C\CC)OC(=O)CCCCCCCCCCC. The van der Waals surface area contributed by atoms with Gasteiger partial charge in [-0.25, -0.2) is 0 Å². The van der Waals surface area contributed by atoms with Crippen LogP contribution < -0.4 is 0 Å². The van der Waals surface area contributed by atoms with Gasteiger partial charge < -0.3 is 14.2 Å². The molecule has 0 saturated heterocycles. The second-order valence-electron chi connectivity index (χ2n) is 16.3. The standard InChI is InChI=1S/C55H94O5/c1-4-7-10-13-16-19-21-23-25-27-29-31-33-35-38-41-44-47-50-58-51-53(60-55(57)49-46-43-40-36-18-15-12-9-6-3)52-59-54(56)48-45-42-39-37-34-32-30-28-26-24-22-20-17-14-11-8-5-2/h7-8,10-11,16-17,19-20,23-26,29,31,53H,4-6,9,12-15,18,21-22,27-28,30,32-52H2,1-3H3/b10-7-,11-8-,19-16-,20-17-,25-23-,26-24-,31-29-. The summed E-state index contributed by atoms with van der Waals surface area (Å²) in [7, 11) is 0. The number of esters is 2. The molecule has 344 valence electrons. The summed E-state index contributed by atoms with van der Waals surface area (Å²) in [5, 5.41) is 0. The summed E-state index contributed by atoms with van der Waals surface area (Å²) >= 11 is 0. The third kappa shape index (κ3) is 47.8. The molecule has 0 aromatic carbocycles. The van der Waals surface area contributed by atoms with E-state index >= 15 is 0 Å². The molecule has 0 heterocycles. The van der Waals surface area contributed by atoms with Crippen LogP contribution in [0.3, 0.4) is 0 Å². The Labute approximate surface area is 371 Å². The summed E-state index contributed by atoms with van der Waals surface area (Å²) in [4.78, 5) is 25.3. The zero-order chi connectivity index (χ0) is 43.5. The second kappa shape index (κ2) is 50.4. The number of allylic oxidation sites excluding steroid dienone is 14. The van der Waals surface area contributed by atoms with Crippen LogP contribution in [0.5, 0.6) is 0 Å². The summed E-state index contributed by atoms with van der Waals surface area (Å²) < 4.78 is 17.3. The highest BCUT2D eigenvalue weighted by Gasteiger charge is 2.17. The Morgan fingerprint density at radius 3 is 1.20 bits per heavy atom. The second-order valence-corrected chi connectivity index (χ2v) is 16.3. The predicted molar refractivity (Wildman–Crippen MR) is 260 cm³/mol. The molecular weight excluding hydrogens is 741 g/mol. The van der Waals surface area contributed by atoms with E-state index in [0.29, 0.717) is 19.4 Å². The quantitative estimate of drug-likeness (QED) is 0.0347. The molecule has 0 rings (SSSR count). The highest BCUT2D eigenvalue weighted by molar-refractivity contribution is 5.70. The number of hydrogen-bond donors (Lipinski definition) is 0. The number of unbranched alkanes of at least 4 members (excludes halogenated alkanes) is 20. The van der Waals surface area contributed by atoms with Crippen LogP contribution in [0.15, 0.2) is 85.1 Å². The molecule has 0 N–H and O–H groups in total. The van der Waals surface area contributed by atoms with Crippen LogP contribution >= 0.6 is 0 Å². The maximum absolute atomic E-state index is 12.7. The lowest BCUT2D eigenvalue weighted by atomic mass is 10.1. The van der Waals surface area contributed by atoms with Crippen LogP contribution in [-0.4, -0.2) is 37.9 Å². The molecule has 5 nitrogen and oxygen atoms in total. The molecule has 0 spiro atoms. The Morgan fingerprint density at radius 2 is 0.750 bits per heavy atom. The maximum Gasteiger partial charge on any atom is 0.306 e. The summed E-state index contributed by atoms with van der Waals surface area (Å²) in [5.74, 6) is -0.422. The van der Waals surface area contributed by atoms with E-state index in [0.717, 1.165) is 103 Å². The predicted octanol–water partition coefficient (Wildman–Crippen LogP) is 16.9. The van der Waals surface area contributed by atoms with Gasteiger partial charge in [0.1, 0.15) is 6.61 Å². The van der Waals surface area contributed by atoms with E-state index in [1.807, 2.05) is 0 Å². The van der Waals surface area contributed by atoms with Crippen molar-refractivity contribution in [3.8, 4) is 0 Å². The molecule has 1 unspecified atom stereocenters. The molecule has 60 heavy (non-hydrogen) atoms. The first-order valence-electron chi connectivity index (χ1n) is 25.1. The fraction of sp³-hybridized carbons (Fsp3) is 0.709. The first-order chi connectivity index (χ1) is 29.6. The molecule has 0 fully saturated rings. The van der Waals surface area contributed by atoms with Crippen molar-refractivity contribution in [3.05, 3.63) is 85.1 Å². The lowest BCUT2D eigenvalue weighted by Crippen LogP contribution is -2.30. The van der Waals surface area contributed by atoms with Crippen LogP contribution in [-0.2, 0) is 23.8 Å². The van der Waals surface area contributed by atoms with E-state index in [9.17, 15) is 9.59 Å². The number of carbonyl (C=O) groups is 2. The largest absolute Gasteiger partial charge is 0.462 e. The van der Waals surface area contributed by atoms with Crippen LogP contribution in [0.25, 0.3) is 0 Å². The third-order valence-electron chi connectivity index (χ3n) is 10.4. The highest BCUT2D eigenvalue weighted by atomic mass is 16.6. The summed E-state index contributed by atoms with van der Waals surface area (Å²) in [6.07, 6.45) is 65.9. The van der Waals surface area contributed by atoms with E-state index in [4.69, 9.17) is 14.2 Å². The minimum absolute atomic E-state index is 0.0701. The van der Waals surface area contributed by atoms with Gasteiger partial charge >= 0.3 is 11.9 Å². The van der Waals surface area contributed by atoms with Crippen molar-refractivity contribution >= 4 is 11.9 Å². The van der Waals surface area contributed by atoms with Gasteiger partial charge in [0, 0.05) is 19.4 Å². The first-order valence-corrected chi connectivity index (χ1v) is 25.1. The van der Waals surface area contributed by atoms with Crippen molar-refractivity contribution in [3.63, 3.8) is 0 Å². The lowest BCUT2D eigenvalue weighted by Gasteiger charge is -2.18. The minimum atomic E-state index is -0.551. The zero-order valence-electron chi connectivity index (χ0n) is 39.5. The van der Waals surface area contributed by atoms with E-state index in [1.54, 1.807) is 0 Å². The smallest absolute Gasteiger partial charge is 0.306 e. The molecule has 0 aliphatic heterocycles. The number of hydrogen-bond acceptors (Lipinski definition) is 5. The molecule has 5 heteroatoms. The molecular formula is C55H94O5. The third-order valence-corrected chi connectivity index (χ3v) is 10.4. The maximum atomic E-state index is 12.7. The Bertz CT molecular complexity index is 1130. The van der Waals surface area contributed by atoms with Crippen molar-refractivity contribution in [2.45, 2.75) is 232 Å². The number of ether oxygens (including phenoxy) is 3. The van der Waals surface area contributed by atoms with Crippen LogP contribution in [0.1, 0.15) is 226 Å². The number of carbonyl (C=O) groups excluding carboxylic acids is 2. The Balaban J connectivity index is 4.25. The number of rotatable bonds is 45. The van der Waals surface area contributed by atoms with E-state index in [2.05, 4.69) is 106 Å². The molecule has 0 bridgehead atoms. The average Bonchev–Trinajstić information content (AvgIpc) is 3.25. The van der Waals surface area contributed by atoms with Gasteiger partial charge in [-0.1, -0.05) is 209 Å². The molecule has 0 aromatic heterocycles. The van der Waals surface area contributed by atoms with E-state index in [1.165, 1.54) is 89.9 Å². The van der Waals surface area contributed by atoms with Crippen LogP contribution in [0, 0.1) is 0 Å². The molecule has 0 aromatic rings. The van der Waals surface area contributed by atoms with Crippen LogP contribution in [0.4, 0.5) is 0 Å². The van der Waals surface area contributed by atoms with Gasteiger partial charge in [-0.15, -0.1) is 0 Å². The fourth-order valence-electron chi connectivity index (χ4n) is 6.75. The van der Waals surface area contributed by atoms with Crippen LogP contribution in [0.2, 0.25) is 0 Å². The molecule has 0 radical (unpaired) electrons. The molecule has 0 saturated carbocycles.